The van der Waals surface area contributed by atoms with Gasteiger partial charge in [-0.15, -0.1) is 0 Å². The molecule has 4 aliphatic carbocycles. The molecular formula is C24H18O4. The average molecular weight is 370 g/mol. The zero-order chi connectivity index (χ0) is 19.0. The van der Waals surface area contributed by atoms with E-state index in [2.05, 4.69) is 48.6 Å². The summed E-state index contributed by atoms with van der Waals surface area (Å²) in [6.45, 7) is 1.95. The van der Waals surface area contributed by atoms with Crippen LogP contribution >= 0.6 is 0 Å². The summed E-state index contributed by atoms with van der Waals surface area (Å²) in [6, 6.07) is 12.7. The van der Waals surface area contributed by atoms with Gasteiger partial charge in [0.05, 0.1) is 6.61 Å². The second kappa shape index (κ2) is 5.22. The lowest BCUT2D eigenvalue weighted by Gasteiger charge is -2.40. The summed E-state index contributed by atoms with van der Waals surface area (Å²) in [4.78, 5) is 25.4. The van der Waals surface area contributed by atoms with Crippen LogP contribution in [0.5, 0.6) is 0 Å². The van der Waals surface area contributed by atoms with Gasteiger partial charge in [0.15, 0.2) is 11.2 Å². The molecule has 0 amide bonds. The Morgan fingerprint density at radius 2 is 1.93 bits per heavy atom. The molecule has 4 nitrogen and oxygen atoms in total. The molecule has 138 valence electrons. The van der Waals surface area contributed by atoms with Crippen molar-refractivity contribution < 1.29 is 19.1 Å². The maximum atomic E-state index is 12.8. The number of hydrogen-bond donors (Lipinski definition) is 0. The highest BCUT2D eigenvalue weighted by molar-refractivity contribution is 6.17. The van der Waals surface area contributed by atoms with E-state index in [1.54, 1.807) is 6.92 Å². The van der Waals surface area contributed by atoms with Crippen LogP contribution in [0.3, 0.4) is 0 Å². The van der Waals surface area contributed by atoms with E-state index in [9.17, 15) is 9.59 Å². The van der Waals surface area contributed by atoms with E-state index in [1.165, 1.54) is 21.9 Å². The number of hydrogen-bond acceptors (Lipinski definition) is 4. The third-order valence-electron chi connectivity index (χ3n) is 6.59. The second-order valence-electron chi connectivity index (χ2n) is 7.78. The number of carbonyl (C=O) groups is 2. The molecule has 28 heavy (non-hydrogen) atoms. The monoisotopic (exact) mass is 370 g/mol. The van der Waals surface area contributed by atoms with Gasteiger partial charge in [-0.1, -0.05) is 54.6 Å². The first-order valence-electron chi connectivity index (χ1n) is 9.70. The van der Waals surface area contributed by atoms with Crippen molar-refractivity contribution in [2.75, 3.05) is 6.61 Å². The van der Waals surface area contributed by atoms with Gasteiger partial charge in [-0.2, -0.15) is 0 Å². The highest BCUT2D eigenvalue weighted by Crippen LogP contribution is 2.63. The molecule has 2 aromatic rings. The highest BCUT2D eigenvalue weighted by atomic mass is 16.6. The van der Waals surface area contributed by atoms with Crippen LogP contribution < -0.4 is 0 Å². The maximum absolute atomic E-state index is 12.8. The van der Waals surface area contributed by atoms with Gasteiger partial charge in [-0.25, -0.2) is 9.59 Å². The zero-order valence-corrected chi connectivity index (χ0v) is 15.3. The van der Waals surface area contributed by atoms with E-state index in [4.69, 9.17) is 9.47 Å². The summed E-state index contributed by atoms with van der Waals surface area (Å²) in [5.74, 6) is -0.884. The molecule has 2 unspecified atom stereocenters. The number of benzene rings is 2. The topological polar surface area (TPSA) is 52.6 Å². The lowest BCUT2D eigenvalue weighted by Crippen LogP contribution is -2.41. The Morgan fingerprint density at radius 1 is 1.14 bits per heavy atom. The lowest BCUT2D eigenvalue weighted by molar-refractivity contribution is -0.149. The van der Waals surface area contributed by atoms with Crippen molar-refractivity contribution in [3.05, 3.63) is 83.0 Å². The standard InChI is InChI=1S/C24H18O4/c1-2-27-22(25)20-17-10-9-14-11-12-24(17,28-23(20)26)21-16-8-4-6-13-5-3-7-15(18(13)16)19(14)21/h3-12,14,19,21H,2H2,1H3/t14?,19-,21+,24?/m1/s1. The molecule has 0 radical (unpaired) electrons. The Kier molecular flexibility index (Phi) is 2.96. The van der Waals surface area contributed by atoms with Crippen LogP contribution in [-0.2, 0) is 19.1 Å². The fourth-order valence-corrected chi connectivity index (χ4v) is 5.64. The van der Waals surface area contributed by atoms with Crippen LogP contribution in [0.25, 0.3) is 10.8 Å². The fourth-order valence-electron chi connectivity index (χ4n) is 5.64. The maximum Gasteiger partial charge on any atom is 0.347 e. The Hall–Kier alpha value is -3.14. The predicted octanol–water partition coefficient (Wildman–Crippen LogP) is 3.93. The number of ether oxygens (including phenoxy) is 2. The lowest BCUT2D eigenvalue weighted by atomic mass is 9.66. The molecule has 4 heteroatoms. The smallest absolute Gasteiger partial charge is 0.347 e. The minimum absolute atomic E-state index is 0.0344. The van der Waals surface area contributed by atoms with E-state index in [0.29, 0.717) is 5.57 Å². The second-order valence-corrected chi connectivity index (χ2v) is 7.78. The van der Waals surface area contributed by atoms with Gasteiger partial charge in [0.25, 0.3) is 0 Å². The molecule has 1 aliphatic heterocycles. The summed E-state index contributed by atoms with van der Waals surface area (Å²) < 4.78 is 11.2. The highest BCUT2D eigenvalue weighted by Gasteiger charge is 2.61. The molecule has 0 saturated carbocycles. The van der Waals surface area contributed by atoms with E-state index >= 15 is 0 Å². The Balaban J connectivity index is 1.65. The van der Waals surface area contributed by atoms with Gasteiger partial charge in [0.1, 0.15) is 0 Å². The van der Waals surface area contributed by atoms with Crippen LogP contribution in [0.15, 0.2) is 71.8 Å². The van der Waals surface area contributed by atoms with Crippen LogP contribution in [0.2, 0.25) is 0 Å². The van der Waals surface area contributed by atoms with Gasteiger partial charge in [-0.05, 0) is 34.9 Å². The van der Waals surface area contributed by atoms with E-state index < -0.39 is 17.5 Å². The molecule has 4 atom stereocenters. The quantitative estimate of drug-likeness (QED) is 0.457. The van der Waals surface area contributed by atoms with Crippen LogP contribution in [0.4, 0.5) is 0 Å². The molecule has 5 aliphatic rings. The molecule has 1 spiro atoms. The van der Waals surface area contributed by atoms with Crippen LogP contribution in [0.1, 0.15) is 29.9 Å². The first kappa shape index (κ1) is 15.9. The third-order valence-corrected chi connectivity index (χ3v) is 6.59. The van der Waals surface area contributed by atoms with Gasteiger partial charge in [-0.3, -0.25) is 0 Å². The van der Waals surface area contributed by atoms with Crippen LogP contribution in [0, 0.1) is 5.92 Å². The molecular weight excluding hydrogens is 352 g/mol. The zero-order valence-electron chi connectivity index (χ0n) is 15.3. The van der Waals surface area contributed by atoms with Gasteiger partial charge >= 0.3 is 11.9 Å². The summed E-state index contributed by atoms with van der Waals surface area (Å²) in [5, 5.41) is 2.45. The van der Waals surface area contributed by atoms with Crippen molar-refractivity contribution in [1.29, 1.82) is 0 Å². The predicted molar refractivity (Wildman–Crippen MR) is 104 cm³/mol. The number of carbonyl (C=O) groups excluding carboxylic acids is 2. The Morgan fingerprint density at radius 3 is 2.71 bits per heavy atom. The summed E-state index contributed by atoms with van der Waals surface area (Å²) in [5.41, 5.74) is 2.19. The number of rotatable bonds is 2. The average Bonchev–Trinajstić information content (AvgIpc) is 3.06. The number of esters is 2. The van der Waals surface area contributed by atoms with Crippen molar-refractivity contribution in [2.45, 2.75) is 24.4 Å². The van der Waals surface area contributed by atoms with E-state index in [1.807, 2.05) is 12.2 Å². The van der Waals surface area contributed by atoms with Crippen molar-refractivity contribution in [3.63, 3.8) is 0 Å². The first-order chi connectivity index (χ1) is 13.7. The molecule has 0 aromatic heterocycles. The third kappa shape index (κ3) is 1.71. The van der Waals surface area contributed by atoms with Gasteiger partial charge < -0.3 is 9.47 Å². The SMILES string of the molecule is CCOC(=O)C1=C2C=CC3C=CC2(OC1=O)[C@H]1c2cccc4cccc(c24)[C@@H]31. The normalized spacial score (nSPS) is 31.0. The van der Waals surface area contributed by atoms with E-state index in [0.717, 1.165) is 0 Å². The minimum Gasteiger partial charge on any atom is -0.462 e. The molecule has 1 heterocycles. The van der Waals surface area contributed by atoms with Crippen LogP contribution in [-0.4, -0.2) is 24.1 Å². The Labute approximate surface area is 162 Å². The molecule has 7 rings (SSSR count). The van der Waals surface area contributed by atoms with Gasteiger partial charge in [0, 0.05) is 23.3 Å². The molecule has 0 fully saturated rings. The number of allylic oxidation sites excluding steroid dienone is 2. The summed E-state index contributed by atoms with van der Waals surface area (Å²) >= 11 is 0. The molecule has 0 saturated heterocycles. The largest absolute Gasteiger partial charge is 0.462 e. The fraction of sp³-hybridized carbons (Fsp3) is 0.250. The van der Waals surface area contributed by atoms with Crippen molar-refractivity contribution in [2.24, 2.45) is 5.92 Å². The summed E-state index contributed by atoms with van der Waals surface area (Å²) in [7, 11) is 0. The van der Waals surface area contributed by atoms with Crippen molar-refractivity contribution >= 4 is 22.7 Å². The van der Waals surface area contributed by atoms with E-state index in [-0.39, 0.29) is 29.9 Å². The first-order valence-corrected chi connectivity index (χ1v) is 9.70. The molecule has 2 aromatic carbocycles. The minimum atomic E-state index is -0.958. The molecule has 0 N–H and O–H groups in total. The Bertz CT molecular complexity index is 1160. The molecule has 2 bridgehead atoms. The van der Waals surface area contributed by atoms with Crippen molar-refractivity contribution in [1.82, 2.24) is 0 Å². The summed E-state index contributed by atoms with van der Waals surface area (Å²) in [6.07, 6.45) is 8.12. The van der Waals surface area contributed by atoms with Crippen molar-refractivity contribution in [3.8, 4) is 0 Å². The van der Waals surface area contributed by atoms with Gasteiger partial charge in [0.2, 0.25) is 0 Å².